The van der Waals surface area contributed by atoms with Gasteiger partial charge in [-0.3, -0.25) is 4.79 Å². The zero-order valence-corrected chi connectivity index (χ0v) is 12.4. The molecule has 0 unspecified atom stereocenters. The minimum Gasteiger partial charge on any atom is -0.378 e. The van der Waals surface area contributed by atoms with Crippen LogP contribution in [0.3, 0.4) is 0 Å². The molecule has 2 nitrogen and oxygen atoms in total. The number of carbonyl (C=O) groups is 1. The van der Waals surface area contributed by atoms with Gasteiger partial charge in [0.25, 0.3) is 0 Å². The third-order valence-electron chi connectivity index (χ3n) is 3.23. The molecule has 3 heteroatoms. The monoisotopic (exact) mass is 283 g/mol. The molecule has 0 bridgehead atoms. The maximum absolute atomic E-state index is 14.0. The highest BCUT2D eigenvalue weighted by molar-refractivity contribution is 6.09. The molecule has 0 aromatic heterocycles. The van der Waals surface area contributed by atoms with Crippen LogP contribution in [-0.4, -0.2) is 19.9 Å². The van der Waals surface area contributed by atoms with Crippen molar-refractivity contribution in [1.29, 1.82) is 0 Å². The zero-order chi connectivity index (χ0) is 15.4. The van der Waals surface area contributed by atoms with E-state index >= 15 is 0 Å². The molecule has 108 valence electrons. The number of rotatable bonds is 4. The van der Waals surface area contributed by atoms with Crippen LogP contribution in [0.2, 0.25) is 0 Å². The van der Waals surface area contributed by atoms with Gasteiger partial charge in [-0.05, 0) is 42.8 Å². The van der Waals surface area contributed by atoms with Crippen molar-refractivity contribution in [3.05, 3.63) is 71.0 Å². The second kappa shape index (κ2) is 6.35. The Morgan fingerprint density at radius 3 is 2.10 bits per heavy atom. The molecule has 0 spiro atoms. The molecular formula is C18H18FNO. The molecule has 0 saturated carbocycles. The van der Waals surface area contributed by atoms with E-state index in [0.29, 0.717) is 11.1 Å². The number of allylic oxidation sites excluding steroid dienone is 1. The predicted octanol–water partition coefficient (Wildman–Crippen LogP) is 4.25. The molecule has 0 heterocycles. The van der Waals surface area contributed by atoms with Gasteiger partial charge in [-0.25, -0.2) is 4.39 Å². The Labute approximate surface area is 124 Å². The van der Waals surface area contributed by atoms with Crippen LogP contribution in [0.15, 0.2) is 54.4 Å². The van der Waals surface area contributed by atoms with E-state index in [4.69, 9.17) is 0 Å². The first-order valence-electron chi connectivity index (χ1n) is 6.73. The zero-order valence-electron chi connectivity index (χ0n) is 12.4. The number of halogens is 1. The van der Waals surface area contributed by atoms with Crippen molar-refractivity contribution in [1.82, 2.24) is 0 Å². The van der Waals surface area contributed by atoms with Gasteiger partial charge in [0.15, 0.2) is 5.83 Å². The summed E-state index contributed by atoms with van der Waals surface area (Å²) in [6, 6.07) is 14.2. The van der Waals surface area contributed by atoms with E-state index in [-0.39, 0.29) is 0 Å². The topological polar surface area (TPSA) is 20.3 Å². The predicted molar refractivity (Wildman–Crippen MR) is 85.4 cm³/mol. The molecule has 0 aliphatic rings. The summed E-state index contributed by atoms with van der Waals surface area (Å²) in [4.78, 5) is 14.0. The van der Waals surface area contributed by atoms with Crippen LogP contribution in [0.4, 0.5) is 10.1 Å². The molecule has 2 rings (SSSR count). The van der Waals surface area contributed by atoms with Gasteiger partial charge in [-0.2, -0.15) is 0 Å². The van der Waals surface area contributed by atoms with E-state index < -0.39 is 11.6 Å². The number of hydrogen-bond donors (Lipinski definition) is 0. The largest absolute Gasteiger partial charge is 0.378 e. The van der Waals surface area contributed by atoms with Crippen LogP contribution in [-0.2, 0) is 0 Å². The molecule has 0 N–H and O–H groups in total. The van der Waals surface area contributed by atoms with Crippen LogP contribution < -0.4 is 4.90 Å². The summed E-state index contributed by atoms with van der Waals surface area (Å²) in [6.45, 7) is 1.96. The van der Waals surface area contributed by atoms with Crippen molar-refractivity contribution < 1.29 is 9.18 Å². The lowest BCUT2D eigenvalue weighted by Crippen LogP contribution is -2.09. The van der Waals surface area contributed by atoms with Crippen molar-refractivity contribution in [3.63, 3.8) is 0 Å². The third-order valence-corrected chi connectivity index (χ3v) is 3.23. The first-order valence-corrected chi connectivity index (χ1v) is 6.73. The lowest BCUT2D eigenvalue weighted by Gasteiger charge is -2.12. The number of carbonyl (C=O) groups excluding carboxylic acids is 1. The number of nitrogens with zero attached hydrogens (tertiary/aromatic N) is 1. The number of Topliss-reactive ketones (excluding diaryl/α,β-unsaturated/α-hetero) is 1. The van der Waals surface area contributed by atoms with E-state index in [9.17, 15) is 9.18 Å². The number of aryl methyl sites for hydroxylation is 1. The van der Waals surface area contributed by atoms with Crippen LogP contribution in [0.1, 0.15) is 21.5 Å². The Bertz CT molecular complexity index is 655. The Hall–Kier alpha value is -2.42. The number of hydrogen-bond acceptors (Lipinski definition) is 2. The Morgan fingerprint density at radius 1 is 1.00 bits per heavy atom. The van der Waals surface area contributed by atoms with E-state index in [1.54, 1.807) is 36.4 Å². The van der Waals surface area contributed by atoms with Gasteiger partial charge >= 0.3 is 0 Å². The molecular weight excluding hydrogens is 265 g/mol. The fourth-order valence-corrected chi connectivity index (χ4v) is 1.92. The Kier molecular flexibility index (Phi) is 4.53. The van der Waals surface area contributed by atoms with Crippen molar-refractivity contribution in [2.24, 2.45) is 0 Å². The Morgan fingerprint density at radius 2 is 1.57 bits per heavy atom. The van der Waals surface area contributed by atoms with Crippen LogP contribution in [0.25, 0.3) is 6.08 Å². The first kappa shape index (κ1) is 15.0. The smallest absolute Gasteiger partial charge is 0.221 e. The summed E-state index contributed by atoms with van der Waals surface area (Å²) in [5.41, 5.74) is 3.09. The van der Waals surface area contributed by atoms with Crippen molar-refractivity contribution in [2.45, 2.75) is 6.92 Å². The average molecular weight is 283 g/mol. The van der Waals surface area contributed by atoms with Gasteiger partial charge in [0.05, 0.1) is 0 Å². The van der Waals surface area contributed by atoms with E-state index in [0.717, 1.165) is 11.3 Å². The first-order chi connectivity index (χ1) is 9.97. The van der Waals surface area contributed by atoms with E-state index in [1.807, 2.05) is 38.1 Å². The Balaban J connectivity index is 2.20. The number of anilines is 1. The summed E-state index contributed by atoms with van der Waals surface area (Å²) in [6.07, 6.45) is 1.27. The highest BCUT2D eigenvalue weighted by Gasteiger charge is 2.12. The fourth-order valence-electron chi connectivity index (χ4n) is 1.92. The summed E-state index contributed by atoms with van der Waals surface area (Å²) < 4.78 is 14.0. The van der Waals surface area contributed by atoms with E-state index in [2.05, 4.69) is 0 Å². The molecule has 0 amide bonds. The summed E-state index contributed by atoms with van der Waals surface area (Å²) in [5, 5.41) is 0. The quantitative estimate of drug-likeness (QED) is 0.617. The summed E-state index contributed by atoms with van der Waals surface area (Å²) in [5.74, 6) is -1.35. The standard InChI is InChI=1S/C18H18FNO/c1-13-4-6-14(7-5-13)12-17(19)18(21)15-8-10-16(11-9-15)20(2)3/h4-12H,1-3H3/b17-12-. The van der Waals surface area contributed by atoms with Crippen molar-refractivity contribution >= 4 is 17.5 Å². The van der Waals surface area contributed by atoms with Crippen LogP contribution >= 0.6 is 0 Å². The van der Waals surface area contributed by atoms with Gasteiger partial charge in [0, 0.05) is 25.3 Å². The van der Waals surface area contributed by atoms with Gasteiger partial charge in [-0.15, -0.1) is 0 Å². The third kappa shape index (κ3) is 3.78. The van der Waals surface area contributed by atoms with Crippen molar-refractivity contribution in [2.75, 3.05) is 19.0 Å². The maximum atomic E-state index is 14.0. The second-order valence-corrected chi connectivity index (χ2v) is 5.17. The second-order valence-electron chi connectivity index (χ2n) is 5.17. The van der Waals surface area contributed by atoms with Gasteiger partial charge in [0.1, 0.15) is 0 Å². The minimum absolute atomic E-state index is 0.349. The molecule has 0 aliphatic carbocycles. The SMILES string of the molecule is Cc1ccc(/C=C(\F)C(=O)c2ccc(N(C)C)cc2)cc1. The average Bonchev–Trinajstić information content (AvgIpc) is 2.49. The lowest BCUT2D eigenvalue weighted by atomic mass is 10.1. The van der Waals surface area contributed by atoms with Crippen LogP contribution in [0, 0.1) is 6.92 Å². The highest BCUT2D eigenvalue weighted by atomic mass is 19.1. The van der Waals surface area contributed by atoms with Gasteiger partial charge < -0.3 is 4.90 Å². The van der Waals surface area contributed by atoms with Crippen molar-refractivity contribution in [3.8, 4) is 0 Å². The molecule has 0 saturated heterocycles. The fraction of sp³-hybridized carbons (Fsp3) is 0.167. The highest BCUT2D eigenvalue weighted by Crippen LogP contribution is 2.17. The summed E-state index contributed by atoms with van der Waals surface area (Å²) >= 11 is 0. The minimum atomic E-state index is -0.753. The molecule has 0 atom stereocenters. The molecule has 0 aliphatic heterocycles. The molecule has 2 aromatic rings. The summed E-state index contributed by atoms with van der Waals surface area (Å²) in [7, 11) is 3.82. The van der Waals surface area contributed by atoms with E-state index in [1.165, 1.54) is 6.08 Å². The number of benzene rings is 2. The lowest BCUT2D eigenvalue weighted by molar-refractivity contribution is 0.101. The molecule has 0 radical (unpaired) electrons. The molecule has 21 heavy (non-hydrogen) atoms. The number of ketones is 1. The maximum Gasteiger partial charge on any atom is 0.221 e. The molecule has 0 fully saturated rings. The molecule has 2 aromatic carbocycles. The van der Waals surface area contributed by atoms with Gasteiger partial charge in [0.2, 0.25) is 5.78 Å². The van der Waals surface area contributed by atoms with Crippen LogP contribution in [0.5, 0.6) is 0 Å². The van der Waals surface area contributed by atoms with Gasteiger partial charge in [-0.1, -0.05) is 29.8 Å². The normalized spacial score (nSPS) is 11.3.